The molecule has 0 spiro atoms. The van der Waals surface area contributed by atoms with Gasteiger partial charge in [0.1, 0.15) is 23.1 Å². The zero-order chi connectivity index (χ0) is 36.1. The van der Waals surface area contributed by atoms with Crippen LogP contribution in [-0.2, 0) is 0 Å². The molecule has 0 saturated heterocycles. The third-order valence-corrected chi connectivity index (χ3v) is 10.0. The van der Waals surface area contributed by atoms with Crippen molar-refractivity contribution in [1.82, 2.24) is 19.3 Å². The summed E-state index contributed by atoms with van der Waals surface area (Å²) in [5, 5.41) is 7.45. The summed E-state index contributed by atoms with van der Waals surface area (Å²) in [6.45, 7) is 20.2. The molecule has 51 heavy (non-hydrogen) atoms. The molecular formula is C45H48N4O2. The van der Waals surface area contributed by atoms with E-state index >= 15 is 0 Å². The van der Waals surface area contributed by atoms with Crippen LogP contribution in [0.4, 0.5) is 0 Å². The van der Waals surface area contributed by atoms with Gasteiger partial charge in [-0.3, -0.25) is 4.57 Å². The van der Waals surface area contributed by atoms with Crippen molar-refractivity contribution in [3.63, 3.8) is 0 Å². The number of methoxy groups -OCH3 is 1. The van der Waals surface area contributed by atoms with Crippen LogP contribution >= 0.6 is 0 Å². The Kier molecular flexibility index (Phi) is 8.96. The highest BCUT2D eigenvalue weighted by Crippen LogP contribution is 2.42. The van der Waals surface area contributed by atoms with Crippen LogP contribution in [0.1, 0.15) is 92.9 Å². The molecule has 0 saturated carbocycles. The largest absolute Gasteiger partial charge is 0.497 e. The molecule has 3 heterocycles. The van der Waals surface area contributed by atoms with Gasteiger partial charge in [-0.15, -0.1) is 0 Å². The maximum absolute atomic E-state index is 6.66. The van der Waals surface area contributed by atoms with Crippen molar-refractivity contribution < 1.29 is 9.47 Å². The first-order chi connectivity index (χ1) is 24.4. The highest BCUT2D eigenvalue weighted by atomic mass is 16.5. The lowest BCUT2D eigenvalue weighted by molar-refractivity contribution is 0.414. The maximum atomic E-state index is 6.66. The topological polar surface area (TPSA) is 54.1 Å². The Morgan fingerprint density at radius 3 is 2.02 bits per heavy atom. The SMILES string of the molecule is COc1ccnc(-n2c3ccccc3c3ccc(Oc4cc(C)cc(-n5nc(C)c(-c6c(C(C)C)cc(C(C)C)cc6C(C)C)c5C)c4)cc32)c1. The van der Waals surface area contributed by atoms with Crippen molar-refractivity contribution in [1.29, 1.82) is 0 Å². The maximum Gasteiger partial charge on any atom is 0.141 e. The first-order valence-corrected chi connectivity index (χ1v) is 18.0. The fourth-order valence-electron chi connectivity index (χ4n) is 7.46. The number of nitrogens with zero attached hydrogens (tertiary/aromatic N) is 4. The third-order valence-electron chi connectivity index (χ3n) is 10.0. The lowest BCUT2D eigenvalue weighted by Gasteiger charge is -2.23. The number of ether oxygens (including phenoxy) is 2. The highest BCUT2D eigenvalue weighted by molar-refractivity contribution is 6.09. The van der Waals surface area contributed by atoms with Crippen molar-refractivity contribution in [2.75, 3.05) is 7.11 Å². The molecule has 0 N–H and O–H groups in total. The minimum Gasteiger partial charge on any atom is -0.497 e. The summed E-state index contributed by atoms with van der Waals surface area (Å²) < 4.78 is 16.5. The molecule has 0 aliphatic carbocycles. The van der Waals surface area contributed by atoms with Crippen LogP contribution in [0.25, 0.3) is 44.4 Å². The Hall–Kier alpha value is -5.36. The van der Waals surface area contributed by atoms with Crippen LogP contribution in [0.3, 0.4) is 0 Å². The van der Waals surface area contributed by atoms with E-state index in [4.69, 9.17) is 19.6 Å². The molecule has 6 nitrogen and oxygen atoms in total. The number of para-hydroxylation sites is 1. The van der Waals surface area contributed by atoms with Gasteiger partial charge in [0.05, 0.1) is 29.5 Å². The third kappa shape index (κ3) is 6.18. The van der Waals surface area contributed by atoms with Gasteiger partial charge in [0, 0.05) is 46.4 Å². The Labute approximate surface area is 301 Å². The molecule has 0 aliphatic heterocycles. The van der Waals surface area contributed by atoms with Crippen molar-refractivity contribution in [2.45, 2.75) is 80.1 Å². The molecular weight excluding hydrogens is 629 g/mol. The van der Waals surface area contributed by atoms with Gasteiger partial charge in [-0.05, 0) is 103 Å². The normalized spacial score (nSPS) is 11.9. The van der Waals surface area contributed by atoms with Crippen molar-refractivity contribution in [3.05, 3.63) is 125 Å². The lowest BCUT2D eigenvalue weighted by Crippen LogP contribution is -2.05. The Morgan fingerprint density at radius 1 is 0.627 bits per heavy atom. The molecule has 0 radical (unpaired) electrons. The zero-order valence-electron chi connectivity index (χ0n) is 31.5. The quantitative estimate of drug-likeness (QED) is 0.153. The fourth-order valence-corrected chi connectivity index (χ4v) is 7.46. The predicted molar refractivity (Wildman–Crippen MR) is 211 cm³/mol. The predicted octanol–water partition coefficient (Wildman–Crippen LogP) is 12.1. The van der Waals surface area contributed by atoms with Gasteiger partial charge >= 0.3 is 0 Å². The van der Waals surface area contributed by atoms with Crippen LogP contribution in [0.5, 0.6) is 17.2 Å². The van der Waals surface area contributed by atoms with Crippen LogP contribution < -0.4 is 9.47 Å². The number of fused-ring (bicyclic) bond motifs is 3. The van der Waals surface area contributed by atoms with E-state index in [0.717, 1.165) is 67.5 Å². The van der Waals surface area contributed by atoms with E-state index < -0.39 is 0 Å². The molecule has 6 heteroatoms. The van der Waals surface area contributed by atoms with Gasteiger partial charge in [-0.2, -0.15) is 5.10 Å². The van der Waals surface area contributed by atoms with E-state index in [1.165, 1.54) is 27.8 Å². The van der Waals surface area contributed by atoms with Gasteiger partial charge < -0.3 is 9.47 Å². The van der Waals surface area contributed by atoms with E-state index in [-0.39, 0.29) is 0 Å². The number of rotatable bonds is 9. The molecule has 7 aromatic rings. The molecule has 0 amide bonds. The fraction of sp³-hybridized carbons (Fsp3) is 0.289. The number of pyridine rings is 1. The first-order valence-electron chi connectivity index (χ1n) is 18.0. The van der Waals surface area contributed by atoms with E-state index in [2.05, 4.69) is 138 Å². The summed E-state index contributed by atoms with van der Waals surface area (Å²) in [6.07, 6.45) is 1.78. The molecule has 0 unspecified atom stereocenters. The Bertz CT molecular complexity index is 2380. The number of hydrogen-bond acceptors (Lipinski definition) is 4. The van der Waals surface area contributed by atoms with E-state index in [1.54, 1.807) is 13.3 Å². The second kappa shape index (κ2) is 13.4. The lowest BCUT2D eigenvalue weighted by atomic mass is 9.81. The first kappa shape index (κ1) is 34.1. The van der Waals surface area contributed by atoms with Gasteiger partial charge in [0.25, 0.3) is 0 Å². The Balaban J connectivity index is 1.32. The van der Waals surface area contributed by atoms with Gasteiger partial charge in [-0.25, -0.2) is 9.67 Å². The minimum atomic E-state index is 0.382. The monoisotopic (exact) mass is 676 g/mol. The minimum absolute atomic E-state index is 0.382. The summed E-state index contributed by atoms with van der Waals surface area (Å²) in [5.74, 6) is 4.27. The average Bonchev–Trinajstić information content (AvgIpc) is 3.59. The summed E-state index contributed by atoms with van der Waals surface area (Å²) in [7, 11) is 1.68. The van der Waals surface area contributed by atoms with Crippen molar-refractivity contribution >= 4 is 21.8 Å². The summed E-state index contributed by atoms with van der Waals surface area (Å²) >= 11 is 0. The van der Waals surface area contributed by atoms with Crippen molar-refractivity contribution in [2.24, 2.45) is 0 Å². The standard InChI is InChI=1S/C45H48N4O2/c1-26(2)32-21-39(27(3)4)45(40(22-32)28(5)6)44-30(8)47-49(31(44)9)33-19-29(7)20-36(23-33)51-35-15-16-38-37-13-11-12-14-41(37)48(42(38)24-35)43-25-34(50-10)17-18-46-43/h11-28H,1-10H3. The van der Waals surface area contributed by atoms with Crippen LogP contribution in [-0.4, -0.2) is 26.4 Å². The van der Waals surface area contributed by atoms with Crippen LogP contribution in [0.15, 0.2) is 91.1 Å². The van der Waals surface area contributed by atoms with Gasteiger partial charge in [0.15, 0.2) is 0 Å². The van der Waals surface area contributed by atoms with Gasteiger partial charge in [0.2, 0.25) is 0 Å². The smallest absolute Gasteiger partial charge is 0.141 e. The van der Waals surface area contributed by atoms with Crippen LogP contribution in [0.2, 0.25) is 0 Å². The molecule has 260 valence electrons. The van der Waals surface area contributed by atoms with Crippen LogP contribution in [0, 0.1) is 20.8 Å². The molecule has 0 fully saturated rings. The number of aryl methyl sites for hydroxylation is 2. The molecule has 3 aromatic heterocycles. The van der Waals surface area contributed by atoms with E-state index in [0.29, 0.717) is 17.8 Å². The number of hydrogen-bond donors (Lipinski definition) is 0. The summed E-state index contributed by atoms with van der Waals surface area (Å²) in [6, 6.07) is 29.7. The summed E-state index contributed by atoms with van der Waals surface area (Å²) in [4.78, 5) is 4.71. The average molecular weight is 677 g/mol. The van der Waals surface area contributed by atoms with Crippen molar-refractivity contribution in [3.8, 4) is 39.9 Å². The number of benzene rings is 4. The summed E-state index contributed by atoms with van der Waals surface area (Å²) in [5.41, 5.74) is 13.1. The second-order valence-electron chi connectivity index (χ2n) is 14.7. The second-order valence-corrected chi connectivity index (χ2v) is 14.7. The molecule has 4 aromatic carbocycles. The molecule has 7 rings (SSSR count). The van der Waals surface area contributed by atoms with E-state index in [9.17, 15) is 0 Å². The molecule has 0 aliphatic rings. The highest BCUT2D eigenvalue weighted by Gasteiger charge is 2.24. The molecule has 0 bridgehead atoms. The molecule has 0 atom stereocenters. The number of aromatic nitrogens is 4. The Morgan fingerprint density at radius 2 is 1.33 bits per heavy atom. The van der Waals surface area contributed by atoms with E-state index in [1.807, 2.05) is 18.2 Å². The van der Waals surface area contributed by atoms with Gasteiger partial charge in [-0.1, -0.05) is 71.9 Å². The zero-order valence-corrected chi connectivity index (χ0v) is 31.5.